The molecule has 0 bridgehead atoms. The molecule has 1 heterocycles. The lowest BCUT2D eigenvalue weighted by Gasteiger charge is -2.41. The minimum atomic E-state index is -0.623. The van der Waals surface area contributed by atoms with Gasteiger partial charge in [0.2, 0.25) is 0 Å². The Hall–Kier alpha value is -1.18. The fourth-order valence-electron chi connectivity index (χ4n) is 3.82. The monoisotopic (exact) mass is 401 g/mol. The molecule has 164 valence electrons. The number of aliphatic hydroxyl groups excluding tert-OH is 1. The number of esters is 1. The number of nitrogens with one attached hydrogen (secondary N) is 1. The van der Waals surface area contributed by atoms with Gasteiger partial charge in [0, 0.05) is 13.0 Å². The molecule has 1 saturated heterocycles. The summed E-state index contributed by atoms with van der Waals surface area (Å²) in [5.41, 5.74) is 3.06. The molecule has 1 rings (SSSR count). The molecule has 1 amide bonds. The number of piperidine rings is 1. The average molecular weight is 402 g/mol. The molecule has 1 fully saturated rings. The first-order chi connectivity index (χ1) is 13.4. The third kappa shape index (κ3) is 9.85. The van der Waals surface area contributed by atoms with Gasteiger partial charge in [0.15, 0.2) is 0 Å². The summed E-state index contributed by atoms with van der Waals surface area (Å²) in [6.07, 6.45) is 7.38. The van der Waals surface area contributed by atoms with Crippen molar-refractivity contribution in [2.75, 3.05) is 40.0 Å². The van der Waals surface area contributed by atoms with Crippen molar-refractivity contribution in [2.24, 2.45) is 5.92 Å². The van der Waals surface area contributed by atoms with Crippen LogP contribution >= 0.6 is 0 Å². The van der Waals surface area contributed by atoms with Crippen molar-refractivity contribution in [3.05, 3.63) is 0 Å². The average Bonchev–Trinajstić information content (AvgIpc) is 2.69. The van der Waals surface area contributed by atoms with Gasteiger partial charge in [0.05, 0.1) is 20.1 Å². The summed E-state index contributed by atoms with van der Waals surface area (Å²) < 4.78 is 10.8. The Morgan fingerprint density at radius 2 is 1.82 bits per heavy atom. The maximum Gasteiger partial charge on any atom is 0.306 e. The number of unbranched alkanes of at least 4 members (excludes halogenated alkanes) is 1. The van der Waals surface area contributed by atoms with Crippen LogP contribution in [0.25, 0.3) is 0 Å². The number of quaternary nitrogens is 1. The van der Waals surface area contributed by atoms with Gasteiger partial charge in [-0.2, -0.15) is 0 Å². The number of methoxy groups -OCH3 is 1. The Bertz CT molecular complexity index is 452. The molecule has 0 aromatic heterocycles. The van der Waals surface area contributed by atoms with E-state index in [1.807, 2.05) is 0 Å². The molecule has 2 N–H and O–H groups in total. The lowest BCUT2D eigenvalue weighted by Crippen LogP contribution is -2.65. The number of nitrogens with zero attached hydrogens (tertiary/aromatic N) is 1. The first kappa shape index (κ1) is 24.9. The lowest BCUT2D eigenvalue weighted by molar-refractivity contribution is -0.967. The van der Waals surface area contributed by atoms with Crippen LogP contribution in [0.2, 0.25) is 0 Å². The van der Waals surface area contributed by atoms with Crippen LogP contribution in [0.3, 0.4) is 0 Å². The van der Waals surface area contributed by atoms with Crippen LogP contribution in [-0.4, -0.2) is 67.6 Å². The van der Waals surface area contributed by atoms with Crippen LogP contribution in [0.15, 0.2) is 0 Å². The van der Waals surface area contributed by atoms with E-state index in [0.29, 0.717) is 30.3 Å². The summed E-state index contributed by atoms with van der Waals surface area (Å²) in [6, 6.07) is 0. The van der Waals surface area contributed by atoms with Gasteiger partial charge in [-0.25, -0.2) is 10.0 Å². The second-order valence-electron chi connectivity index (χ2n) is 8.05. The van der Waals surface area contributed by atoms with Crippen molar-refractivity contribution >= 4 is 11.9 Å². The predicted molar refractivity (Wildman–Crippen MR) is 108 cm³/mol. The van der Waals surface area contributed by atoms with E-state index in [-0.39, 0.29) is 24.7 Å². The normalized spacial score (nSPS) is 18.3. The highest BCUT2D eigenvalue weighted by atomic mass is 16.5. The van der Waals surface area contributed by atoms with Crippen molar-refractivity contribution in [2.45, 2.75) is 77.7 Å². The van der Waals surface area contributed by atoms with Crippen molar-refractivity contribution in [3.63, 3.8) is 0 Å². The van der Waals surface area contributed by atoms with E-state index < -0.39 is 6.10 Å². The first-order valence-corrected chi connectivity index (χ1v) is 10.9. The number of carbonyl (C=O) groups excluding carboxylic acids is 2. The summed E-state index contributed by atoms with van der Waals surface area (Å²) in [6.45, 7) is 7.38. The van der Waals surface area contributed by atoms with Crippen molar-refractivity contribution < 1.29 is 28.8 Å². The molecule has 0 saturated carbocycles. The minimum Gasteiger partial charge on any atom is -0.469 e. The second kappa shape index (κ2) is 13.9. The third-order valence-corrected chi connectivity index (χ3v) is 5.59. The van der Waals surface area contributed by atoms with E-state index >= 15 is 0 Å². The zero-order valence-corrected chi connectivity index (χ0v) is 18.1. The van der Waals surface area contributed by atoms with Crippen LogP contribution in [0.5, 0.6) is 0 Å². The number of aliphatic hydroxyl groups is 1. The van der Waals surface area contributed by atoms with Crippen LogP contribution < -0.4 is 5.43 Å². The molecule has 0 aliphatic carbocycles. The number of likely N-dealkylation sites (tertiary alicyclic amines) is 1. The number of carbonyl (C=O) groups is 2. The molecule has 0 aromatic rings. The summed E-state index contributed by atoms with van der Waals surface area (Å²) in [5, 5.41) is 10.5. The highest BCUT2D eigenvalue weighted by Crippen LogP contribution is 2.18. The molecular weight excluding hydrogens is 360 g/mol. The highest BCUT2D eigenvalue weighted by molar-refractivity contribution is 5.80. The molecule has 0 aromatic carbocycles. The zero-order chi connectivity index (χ0) is 20.8. The van der Waals surface area contributed by atoms with Crippen LogP contribution in [0.4, 0.5) is 0 Å². The zero-order valence-electron chi connectivity index (χ0n) is 18.1. The Morgan fingerprint density at radius 3 is 2.43 bits per heavy atom. The quantitative estimate of drug-likeness (QED) is 0.345. The van der Waals surface area contributed by atoms with E-state index in [1.54, 1.807) is 0 Å². The molecule has 7 nitrogen and oxygen atoms in total. The maximum absolute atomic E-state index is 12.3. The van der Waals surface area contributed by atoms with E-state index in [4.69, 9.17) is 4.74 Å². The van der Waals surface area contributed by atoms with Gasteiger partial charge < -0.3 is 14.6 Å². The summed E-state index contributed by atoms with van der Waals surface area (Å²) in [5.74, 6) is -0.0170. The Morgan fingerprint density at radius 1 is 1.11 bits per heavy atom. The number of amides is 1. The summed E-state index contributed by atoms with van der Waals surface area (Å²) in [4.78, 5) is 23.6. The SMILES string of the molecule is CCCCC(CC)COCC(O)C[N+]1(NC(=O)CCC(=O)OC)CCCCC1. The van der Waals surface area contributed by atoms with Gasteiger partial charge in [-0.15, -0.1) is 0 Å². The van der Waals surface area contributed by atoms with Crippen molar-refractivity contribution in [3.8, 4) is 0 Å². The molecule has 0 radical (unpaired) electrons. The Kier molecular flexibility index (Phi) is 12.3. The minimum absolute atomic E-state index is 0.0736. The smallest absolute Gasteiger partial charge is 0.306 e. The van der Waals surface area contributed by atoms with Gasteiger partial charge in [-0.3, -0.25) is 9.59 Å². The van der Waals surface area contributed by atoms with Crippen molar-refractivity contribution in [1.29, 1.82) is 0 Å². The van der Waals surface area contributed by atoms with Gasteiger partial charge in [-0.1, -0.05) is 33.1 Å². The molecular formula is C21H41N2O5+. The second-order valence-corrected chi connectivity index (χ2v) is 8.05. The lowest BCUT2D eigenvalue weighted by atomic mass is 10.0. The largest absolute Gasteiger partial charge is 0.469 e. The van der Waals surface area contributed by atoms with E-state index in [9.17, 15) is 14.7 Å². The summed E-state index contributed by atoms with van der Waals surface area (Å²) >= 11 is 0. The number of hydrogen-bond acceptors (Lipinski definition) is 5. The molecule has 0 spiro atoms. The number of rotatable bonds is 14. The third-order valence-electron chi connectivity index (χ3n) is 5.59. The predicted octanol–water partition coefficient (Wildman–Crippen LogP) is 2.57. The van der Waals surface area contributed by atoms with Gasteiger partial charge in [-0.05, 0) is 31.6 Å². The van der Waals surface area contributed by atoms with Crippen LogP contribution in [0.1, 0.15) is 71.6 Å². The Labute approximate surface area is 170 Å². The van der Waals surface area contributed by atoms with Crippen LogP contribution in [0, 0.1) is 5.92 Å². The maximum atomic E-state index is 12.3. The topological polar surface area (TPSA) is 84.9 Å². The van der Waals surface area contributed by atoms with E-state index in [1.165, 1.54) is 26.4 Å². The molecule has 1 aliphatic heterocycles. The fourth-order valence-corrected chi connectivity index (χ4v) is 3.82. The number of hydrogen-bond donors (Lipinski definition) is 2. The number of ether oxygens (including phenoxy) is 2. The molecule has 7 heteroatoms. The molecule has 28 heavy (non-hydrogen) atoms. The highest BCUT2D eigenvalue weighted by Gasteiger charge is 2.35. The molecule has 1 aliphatic rings. The fraction of sp³-hybridized carbons (Fsp3) is 0.905. The first-order valence-electron chi connectivity index (χ1n) is 10.9. The van der Waals surface area contributed by atoms with Gasteiger partial charge in [0.1, 0.15) is 25.7 Å². The van der Waals surface area contributed by atoms with Gasteiger partial charge in [0.25, 0.3) is 5.91 Å². The van der Waals surface area contributed by atoms with Gasteiger partial charge >= 0.3 is 5.97 Å². The van der Waals surface area contributed by atoms with E-state index in [2.05, 4.69) is 24.0 Å². The van der Waals surface area contributed by atoms with Crippen LogP contribution in [-0.2, 0) is 19.1 Å². The summed E-state index contributed by atoms with van der Waals surface area (Å²) in [7, 11) is 1.32. The molecule has 2 atom stereocenters. The van der Waals surface area contributed by atoms with E-state index in [0.717, 1.165) is 38.8 Å². The van der Waals surface area contributed by atoms with Crippen molar-refractivity contribution in [1.82, 2.24) is 5.43 Å². The Balaban J connectivity index is 2.48. The standard InChI is InChI=1S/C21H40N2O5/c1-4-6-10-18(5-2)16-28-17-19(24)15-23(13-8-7-9-14-23)22-20(25)11-12-21(26)27-3/h18-19,24H,4-17H2,1-3H3/p+1. The molecule has 2 unspecified atom stereocenters.